The largest absolute Gasteiger partial charge is 0.396 e. The molecule has 0 atom stereocenters. The van der Waals surface area contributed by atoms with E-state index in [1.165, 1.54) is 60.0 Å². The van der Waals surface area contributed by atoms with Gasteiger partial charge in [-0.1, -0.05) is 25.3 Å². The normalized spacial score (nSPS) is 19.7. The summed E-state index contributed by atoms with van der Waals surface area (Å²) >= 11 is 0. The van der Waals surface area contributed by atoms with E-state index in [1.54, 1.807) is 0 Å². The van der Waals surface area contributed by atoms with Crippen molar-refractivity contribution in [2.45, 2.75) is 57.4 Å². The highest BCUT2D eigenvalue weighted by Crippen LogP contribution is 2.41. The van der Waals surface area contributed by atoms with Gasteiger partial charge in [-0.05, 0) is 67.0 Å². The van der Waals surface area contributed by atoms with E-state index in [2.05, 4.69) is 46.1 Å². The standard InChI is InChI=1S/C27H32N4O/c32-17-19-9-12-30(13-10-19)23-14-21-8-11-28-27(21)24(16-23)20-6-7-26-25(15-20)29-18-31(26)22-4-2-1-3-5-22/h6-7,11,14-16,18-19,22,32H,1-5,8-10,12-13,17H2. The van der Waals surface area contributed by atoms with Crippen molar-refractivity contribution in [3.8, 4) is 11.1 Å². The summed E-state index contributed by atoms with van der Waals surface area (Å²) in [6, 6.07) is 12.0. The monoisotopic (exact) mass is 428 g/mol. The second-order valence-electron chi connectivity index (χ2n) is 9.78. The third kappa shape index (κ3) is 3.53. The summed E-state index contributed by atoms with van der Waals surface area (Å²) in [4.78, 5) is 12.0. The van der Waals surface area contributed by atoms with Crippen molar-refractivity contribution in [2.75, 3.05) is 24.6 Å². The van der Waals surface area contributed by atoms with Crippen molar-refractivity contribution < 1.29 is 5.11 Å². The molecule has 0 radical (unpaired) electrons. The van der Waals surface area contributed by atoms with Gasteiger partial charge in [0, 0.05) is 49.6 Å². The molecule has 0 bridgehead atoms. The molecule has 1 saturated heterocycles. The number of anilines is 1. The van der Waals surface area contributed by atoms with Crippen LogP contribution in [0.5, 0.6) is 0 Å². The number of aliphatic hydroxyl groups is 1. The molecular formula is C27H32N4O. The van der Waals surface area contributed by atoms with Gasteiger partial charge >= 0.3 is 0 Å². The lowest BCUT2D eigenvalue weighted by Crippen LogP contribution is -2.34. The third-order valence-electron chi connectivity index (χ3n) is 7.80. The Bertz CT molecular complexity index is 1150. The Morgan fingerprint density at radius 2 is 1.81 bits per heavy atom. The fourth-order valence-corrected chi connectivity index (χ4v) is 5.85. The number of aliphatic imine (C=N–C) groups is 1. The molecule has 2 fully saturated rings. The van der Waals surface area contributed by atoms with Crippen LogP contribution < -0.4 is 4.90 Å². The maximum Gasteiger partial charge on any atom is 0.0960 e. The average molecular weight is 429 g/mol. The fraction of sp³-hybridized carbons (Fsp3) is 0.481. The molecule has 0 amide bonds. The maximum absolute atomic E-state index is 9.50. The first kappa shape index (κ1) is 20.0. The summed E-state index contributed by atoms with van der Waals surface area (Å²) in [5.41, 5.74) is 8.47. The molecule has 1 aromatic heterocycles. The molecule has 6 rings (SSSR count). The van der Waals surface area contributed by atoms with Gasteiger partial charge in [0.05, 0.1) is 23.0 Å². The summed E-state index contributed by atoms with van der Waals surface area (Å²) in [5.74, 6) is 0.449. The van der Waals surface area contributed by atoms with Gasteiger partial charge in [0.2, 0.25) is 0 Å². The molecule has 2 aromatic carbocycles. The van der Waals surface area contributed by atoms with Crippen molar-refractivity contribution >= 4 is 28.6 Å². The molecule has 166 valence electrons. The van der Waals surface area contributed by atoms with Crippen LogP contribution in [0.2, 0.25) is 0 Å². The Morgan fingerprint density at radius 1 is 0.969 bits per heavy atom. The zero-order valence-electron chi connectivity index (χ0n) is 18.7. The quantitative estimate of drug-likeness (QED) is 0.582. The zero-order chi connectivity index (χ0) is 21.5. The summed E-state index contributed by atoms with van der Waals surface area (Å²) in [6.07, 6.45) is 13.7. The number of nitrogens with zero attached hydrogens (tertiary/aromatic N) is 4. The number of aliphatic hydroxyl groups excluding tert-OH is 1. The molecule has 0 unspecified atom stereocenters. The number of imidazole rings is 1. The first-order valence-electron chi connectivity index (χ1n) is 12.3. The van der Waals surface area contributed by atoms with Crippen LogP contribution in [0.3, 0.4) is 0 Å². The van der Waals surface area contributed by atoms with Gasteiger partial charge in [-0.25, -0.2) is 4.98 Å². The third-order valence-corrected chi connectivity index (χ3v) is 7.80. The molecular weight excluding hydrogens is 396 g/mol. The molecule has 0 spiro atoms. The lowest BCUT2D eigenvalue weighted by molar-refractivity contribution is 0.203. The Morgan fingerprint density at radius 3 is 2.62 bits per heavy atom. The van der Waals surface area contributed by atoms with E-state index < -0.39 is 0 Å². The summed E-state index contributed by atoms with van der Waals surface area (Å²) in [5, 5.41) is 9.50. The van der Waals surface area contributed by atoms with Gasteiger partial charge < -0.3 is 14.6 Å². The first-order valence-corrected chi connectivity index (χ1v) is 12.3. The molecule has 3 heterocycles. The Labute approximate surface area is 189 Å². The number of piperidine rings is 1. The molecule has 1 N–H and O–H groups in total. The van der Waals surface area contributed by atoms with Crippen LogP contribution in [0.1, 0.15) is 56.6 Å². The van der Waals surface area contributed by atoms with Crippen molar-refractivity contribution in [3.63, 3.8) is 0 Å². The molecule has 5 heteroatoms. The SMILES string of the molecule is OCC1CCN(c2cc3c(c(-c4ccc5c(c4)ncn5C4CCCCC4)c2)N=CC3)CC1. The highest BCUT2D eigenvalue weighted by molar-refractivity contribution is 5.92. The minimum absolute atomic E-state index is 0.310. The van der Waals surface area contributed by atoms with Crippen molar-refractivity contribution in [1.29, 1.82) is 0 Å². The van der Waals surface area contributed by atoms with Crippen molar-refractivity contribution in [2.24, 2.45) is 10.9 Å². The van der Waals surface area contributed by atoms with Gasteiger partial charge in [-0.15, -0.1) is 0 Å². The highest BCUT2D eigenvalue weighted by atomic mass is 16.3. The molecule has 32 heavy (non-hydrogen) atoms. The lowest BCUT2D eigenvalue weighted by atomic mass is 9.94. The first-order chi connectivity index (χ1) is 15.8. The summed E-state index contributed by atoms with van der Waals surface area (Å²) in [6.45, 7) is 2.33. The second-order valence-corrected chi connectivity index (χ2v) is 9.78. The number of hydrogen-bond acceptors (Lipinski definition) is 4. The molecule has 3 aromatic rings. The van der Waals surface area contributed by atoms with Crippen LogP contribution in [0.15, 0.2) is 41.7 Å². The average Bonchev–Trinajstić information content (AvgIpc) is 3.50. The second kappa shape index (κ2) is 8.36. The van der Waals surface area contributed by atoms with E-state index >= 15 is 0 Å². The van der Waals surface area contributed by atoms with Crippen LogP contribution in [0.25, 0.3) is 22.2 Å². The van der Waals surface area contributed by atoms with Crippen LogP contribution >= 0.6 is 0 Å². The van der Waals surface area contributed by atoms with Gasteiger partial charge in [0.25, 0.3) is 0 Å². The van der Waals surface area contributed by atoms with E-state index in [0.717, 1.165) is 43.6 Å². The van der Waals surface area contributed by atoms with Crippen molar-refractivity contribution in [3.05, 3.63) is 42.2 Å². The van der Waals surface area contributed by atoms with E-state index in [1.807, 2.05) is 6.21 Å². The maximum atomic E-state index is 9.50. The van der Waals surface area contributed by atoms with Crippen LogP contribution in [0.4, 0.5) is 11.4 Å². The minimum atomic E-state index is 0.310. The van der Waals surface area contributed by atoms with Gasteiger partial charge in [0.1, 0.15) is 0 Å². The molecule has 1 saturated carbocycles. The molecule has 1 aliphatic carbocycles. The Hall–Kier alpha value is -2.66. The predicted molar refractivity (Wildman–Crippen MR) is 131 cm³/mol. The summed E-state index contributed by atoms with van der Waals surface area (Å²) < 4.78 is 2.41. The molecule has 5 nitrogen and oxygen atoms in total. The van der Waals surface area contributed by atoms with Gasteiger partial charge in [0.15, 0.2) is 0 Å². The van der Waals surface area contributed by atoms with Gasteiger partial charge in [-0.2, -0.15) is 0 Å². The molecule has 2 aliphatic heterocycles. The van der Waals surface area contributed by atoms with Crippen LogP contribution in [0, 0.1) is 5.92 Å². The fourth-order valence-electron chi connectivity index (χ4n) is 5.85. The van der Waals surface area contributed by atoms with E-state index in [9.17, 15) is 5.11 Å². The highest BCUT2D eigenvalue weighted by Gasteiger charge is 2.23. The number of aromatic nitrogens is 2. The number of fused-ring (bicyclic) bond motifs is 2. The van der Waals surface area contributed by atoms with E-state index in [0.29, 0.717) is 18.6 Å². The Kier molecular flexibility index (Phi) is 5.22. The lowest BCUT2D eigenvalue weighted by Gasteiger charge is -2.33. The Balaban J connectivity index is 1.36. The van der Waals surface area contributed by atoms with Crippen LogP contribution in [-0.2, 0) is 6.42 Å². The van der Waals surface area contributed by atoms with Crippen LogP contribution in [-0.4, -0.2) is 40.6 Å². The van der Waals surface area contributed by atoms with E-state index in [4.69, 9.17) is 9.98 Å². The number of rotatable bonds is 4. The summed E-state index contributed by atoms with van der Waals surface area (Å²) in [7, 11) is 0. The van der Waals surface area contributed by atoms with Crippen molar-refractivity contribution in [1.82, 2.24) is 9.55 Å². The van der Waals surface area contributed by atoms with Gasteiger partial charge in [-0.3, -0.25) is 4.99 Å². The topological polar surface area (TPSA) is 53.6 Å². The predicted octanol–water partition coefficient (Wildman–Crippen LogP) is 5.68. The number of benzene rings is 2. The van der Waals surface area contributed by atoms with E-state index in [-0.39, 0.29) is 0 Å². The number of hydrogen-bond donors (Lipinski definition) is 1. The minimum Gasteiger partial charge on any atom is -0.396 e. The molecule has 3 aliphatic rings. The zero-order valence-corrected chi connectivity index (χ0v) is 18.7. The smallest absolute Gasteiger partial charge is 0.0960 e.